The van der Waals surface area contributed by atoms with Crippen molar-refractivity contribution in [1.82, 2.24) is 14.9 Å². The quantitative estimate of drug-likeness (QED) is 0.166. The molecule has 2 aromatic rings. The van der Waals surface area contributed by atoms with Crippen molar-refractivity contribution < 1.29 is 22.8 Å². The van der Waals surface area contributed by atoms with Gasteiger partial charge < -0.3 is 26.2 Å². The predicted octanol–water partition coefficient (Wildman–Crippen LogP) is -0.538. The number of nitrogens with one attached hydrogen (secondary N) is 2. The van der Waals surface area contributed by atoms with Crippen molar-refractivity contribution in [3.8, 4) is 0 Å². The van der Waals surface area contributed by atoms with Crippen LogP contribution in [0.1, 0.15) is 13.1 Å². The van der Waals surface area contributed by atoms with Gasteiger partial charge in [0.25, 0.3) is 17.0 Å². The first-order chi connectivity index (χ1) is 14.7. The molecule has 0 atom stereocenters. The van der Waals surface area contributed by atoms with E-state index >= 15 is 0 Å². The number of amides is 1. The summed E-state index contributed by atoms with van der Waals surface area (Å²) < 4.78 is 41.1. The van der Waals surface area contributed by atoms with E-state index in [2.05, 4.69) is 21.6 Å². The summed E-state index contributed by atoms with van der Waals surface area (Å²) in [6.45, 7) is 1.44. The van der Waals surface area contributed by atoms with Gasteiger partial charge in [-0.15, -0.1) is 0 Å². The molecule has 31 heavy (non-hydrogen) atoms. The molecule has 0 aliphatic carbocycles. The number of nitrogens with zero attached hydrogens (tertiary/aromatic N) is 3. The van der Waals surface area contributed by atoms with Crippen LogP contribution in [-0.4, -0.2) is 44.4 Å². The van der Waals surface area contributed by atoms with Crippen LogP contribution in [0.2, 0.25) is 0 Å². The van der Waals surface area contributed by atoms with Gasteiger partial charge in [-0.05, 0) is 36.3 Å². The number of carbonyl (C=O) groups is 1. The topological polar surface area (TPSA) is 184 Å². The number of rotatable bonds is 9. The van der Waals surface area contributed by atoms with E-state index in [0.717, 1.165) is 4.57 Å². The van der Waals surface area contributed by atoms with Gasteiger partial charge in [0.2, 0.25) is 11.9 Å². The van der Waals surface area contributed by atoms with Crippen LogP contribution in [0.15, 0.2) is 51.5 Å². The molecular formula is C17H26FN7O5S. The fourth-order valence-corrected chi connectivity index (χ4v) is 3.21. The Hall–Kier alpha value is -3.68. The number of halogens is 1. The summed E-state index contributed by atoms with van der Waals surface area (Å²) in [6.07, 6.45) is 1.32. The number of nitrogens with two attached hydrogens (primary N) is 2. The van der Waals surface area contributed by atoms with Crippen LogP contribution >= 0.6 is 0 Å². The van der Waals surface area contributed by atoms with Gasteiger partial charge in [-0.3, -0.25) is 19.0 Å². The number of hydrogen-bond donors (Lipinski definition) is 4. The van der Waals surface area contributed by atoms with E-state index in [-0.39, 0.29) is 43.8 Å². The second-order valence-electron chi connectivity index (χ2n) is 5.75. The highest BCUT2D eigenvalue weighted by Crippen LogP contribution is 2.11. The number of anilines is 1. The number of aryl methyl sites for hydroxylation is 1. The van der Waals surface area contributed by atoms with Crippen molar-refractivity contribution >= 4 is 27.6 Å². The van der Waals surface area contributed by atoms with Gasteiger partial charge in [0.15, 0.2) is 5.03 Å². The van der Waals surface area contributed by atoms with Gasteiger partial charge in [0, 0.05) is 11.9 Å². The average molecular weight is 462 g/mol. The van der Waals surface area contributed by atoms with E-state index in [1.54, 1.807) is 13.0 Å². The van der Waals surface area contributed by atoms with Crippen molar-refractivity contribution in [2.24, 2.45) is 16.6 Å². The van der Waals surface area contributed by atoms with E-state index in [1.807, 2.05) is 0 Å². The molecule has 12 nitrogen and oxygen atoms in total. The van der Waals surface area contributed by atoms with E-state index < -0.39 is 21.5 Å². The summed E-state index contributed by atoms with van der Waals surface area (Å²) in [5, 5.41) is 5.60. The highest BCUT2D eigenvalue weighted by Gasteiger charge is 2.18. The van der Waals surface area contributed by atoms with Crippen molar-refractivity contribution in [3.05, 3.63) is 52.6 Å². The second kappa shape index (κ2) is 12.1. The average Bonchev–Trinajstić information content (AvgIpc) is 2.75. The number of carbonyl (C=O) groups excluding carboxylic acids is 1. The molecule has 0 aliphatic heterocycles. The fourth-order valence-electron chi connectivity index (χ4n) is 2.20. The van der Waals surface area contributed by atoms with Crippen LogP contribution < -0.4 is 27.1 Å². The molecule has 0 aliphatic rings. The Balaban J connectivity index is 0.00000311. The first kappa shape index (κ1) is 25.4. The molecule has 0 aromatic carbocycles. The summed E-state index contributed by atoms with van der Waals surface area (Å²) in [7, 11) is -4.05. The lowest BCUT2D eigenvalue weighted by molar-refractivity contribution is -0.122. The summed E-state index contributed by atoms with van der Waals surface area (Å²) >= 11 is 0. The summed E-state index contributed by atoms with van der Waals surface area (Å²) in [4.78, 5) is 33.2. The molecule has 2 aromatic heterocycles. The second-order valence-corrected chi connectivity index (χ2v) is 7.38. The smallest absolute Gasteiger partial charge is 0.279 e. The van der Waals surface area contributed by atoms with Crippen LogP contribution in [-0.2, 0) is 26.2 Å². The third-order valence-electron chi connectivity index (χ3n) is 3.54. The first-order valence-corrected chi connectivity index (χ1v) is 9.81. The molecule has 0 radical (unpaired) electrons. The van der Waals surface area contributed by atoms with Gasteiger partial charge in [0.05, 0.1) is 6.54 Å². The molecule has 172 valence electrons. The monoisotopic (exact) mass is 461 g/mol. The van der Waals surface area contributed by atoms with Crippen molar-refractivity contribution in [1.29, 1.82) is 1.45 Å². The number of guanidine groups is 1. The SMILES string of the molecule is C.Cc1ccc(NS(=O)(=O)c2ccccn2)c(=O)n1CC(=O)NCCON=C(N)N.[3H]F. The largest absolute Gasteiger partial charge is 0.391 e. The van der Waals surface area contributed by atoms with Crippen LogP contribution in [0.5, 0.6) is 0 Å². The number of aromatic nitrogens is 2. The lowest BCUT2D eigenvalue weighted by Crippen LogP contribution is -2.36. The van der Waals surface area contributed by atoms with E-state index in [4.69, 9.17) is 21.0 Å². The van der Waals surface area contributed by atoms with E-state index in [1.165, 1.54) is 30.5 Å². The maximum absolute atomic E-state index is 12.7. The van der Waals surface area contributed by atoms with Gasteiger partial charge >= 0.3 is 0 Å². The minimum Gasteiger partial charge on any atom is -0.391 e. The third-order valence-corrected chi connectivity index (χ3v) is 4.82. The van der Waals surface area contributed by atoms with Crippen molar-refractivity contribution in [2.75, 3.05) is 17.9 Å². The molecule has 2 rings (SSSR count). The molecule has 0 unspecified atom stereocenters. The first-order valence-electron chi connectivity index (χ1n) is 8.70. The zero-order valence-electron chi connectivity index (χ0n) is 16.9. The Morgan fingerprint density at radius 1 is 1.32 bits per heavy atom. The maximum Gasteiger partial charge on any atom is 0.279 e. The fraction of sp³-hybridized carbons (Fsp3) is 0.294. The standard InChI is InChI=1S/C16H21N7O5S.CH4.FH/c1-11-5-6-12(22-29(26,27)14-4-2-3-7-20-14)15(25)23(11)10-13(24)19-8-9-28-21-16(17)18;;/h2-7,22H,8-10H2,1H3,(H,19,24)(H4,17,18,21);1H4;1H/i/hT. The zero-order valence-corrected chi connectivity index (χ0v) is 16.7. The predicted molar refractivity (Wildman–Crippen MR) is 114 cm³/mol. The molecule has 0 saturated heterocycles. The Morgan fingerprint density at radius 3 is 2.65 bits per heavy atom. The van der Waals surface area contributed by atoms with Crippen LogP contribution in [0.25, 0.3) is 0 Å². The van der Waals surface area contributed by atoms with E-state index in [0.29, 0.717) is 5.69 Å². The highest BCUT2D eigenvalue weighted by molar-refractivity contribution is 7.92. The molecule has 2 heterocycles. The Kier molecular flexibility index (Phi) is 9.91. The molecule has 0 bridgehead atoms. The summed E-state index contributed by atoms with van der Waals surface area (Å²) in [6, 6.07) is 7.23. The molecule has 6 N–H and O–H groups in total. The molecule has 0 spiro atoms. The van der Waals surface area contributed by atoms with Crippen LogP contribution in [0.3, 0.4) is 0 Å². The van der Waals surface area contributed by atoms with Crippen LogP contribution in [0.4, 0.5) is 10.4 Å². The van der Waals surface area contributed by atoms with Gasteiger partial charge in [0.1, 0.15) is 18.8 Å². The maximum atomic E-state index is 12.7. The molecular weight excluding hydrogens is 433 g/mol. The minimum atomic E-state index is -4.05. The number of hydrogen-bond acceptors (Lipinski definition) is 7. The molecule has 14 heteroatoms. The van der Waals surface area contributed by atoms with Gasteiger partial charge in [-0.1, -0.05) is 13.5 Å². The van der Waals surface area contributed by atoms with E-state index in [9.17, 15) is 18.0 Å². The number of oxime groups is 1. The lowest BCUT2D eigenvalue weighted by atomic mass is 10.3. The Bertz CT molecular complexity index is 1060. The summed E-state index contributed by atoms with van der Waals surface area (Å²) in [5.41, 5.74) is 9.78. The lowest BCUT2D eigenvalue weighted by Gasteiger charge is -2.13. The third kappa shape index (κ3) is 7.93. The minimum absolute atomic E-state index is 0. The Morgan fingerprint density at radius 2 is 2.03 bits per heavy atom. The normalized spacial score (nSPS) is 10.3. The number of sulfonamides is 1. The van der Waals surface area contributed by atoms with Crippen molar-refractivity contribution in [2.45, 2.75) is 25.9 Å². The van der Waals surface area contributed by atoms with Gasteiger partial charge in [-0.2, -0.15) is 8.42 Å². The summed E-state index contributed by atoms with van der Waals surface area (Å²) in [5.74, 6) is -0.725. The van der Waals surface area contributed by atoms with Crippen LogP contribution in [0, 0.1) is 6.92 Å². The molecule has 0 fully saturated rings. The highest BCUT2D eigenvalue weighted by atomic mass is 32.2. The zero-order chi connectivity index (χ0) is 23.4. The molecule has 0 saturated carbocycles. The van der Waals surface area contributed by atoms with Gasteiger partial charge in [-0.25, -0.2) is 4.98 Å². The van der Waals surface area contributed by atoms with Crippen molar-refractivity contribution in [3.63, 3.8) is 0 Å². The Labute approximate surface area is 180 Å². The number of pyridine rings is 2. The molecule has 1 amide bonds.